The van der Waals surface area contributed by atoms with Gasteiger partial charge in [0.15, 0.2) is 0 Å². The zero-order chi connectivity index (χ0) is 14.7. The quantitative estimate of drug-likeness (QED) is 0.787. The van der Waals surface area contributed by atoms with Crippen LogP contribution >= 0.6 is 0 Å². The van der Waals surface area contributed by atoms with Gasteiger partial charge in [-0.15, -0.1) is 5.10 Å². The number of rotatable bonds is 5. The molecule has 2 heterocycles. The Bertz CT molecular complexity index is 621. The highest BCUT2D eigenvalue weighted by atomic mass is 16.5. The van der Waals surface area contributed by atoms with E-state index in [1.54, 1.807) is 4.68 Å². The number of carbonyl (C=O) groups excluding carboxylic acids is 1. The molecule has 1 atom stereocenters. The second-order valence-corrected chi connectivity index (χ2v) is 4.93. The van der Waals surface area contributed by atoms with Crippen molar-refractivity contribution in [3.8, 4) is 17.0 Å². The van der Waals surface area contributed by atoms with Gasteiger partial charge in [-0.1, -0.05) is 5.21 Å². The minimum Gasteiger partial charge on any atom is -0.494 e. The molecule has 1 aromatic heterocycles. The molecule has 1 saturated heterocycles. The summed E-state index contributed by atoms with van der Waals surface area (Å²) in [6.07, 6.45) is 3.01. The number of ether oxygens (including phenoxy) is 2. The lowest BCUT2D eigenvalue weighted by Crippen LogP contribution is -2.16. The lowest BCUT2D eigenvalue weighted by molar-refractivity contribution is -0.141. The summed E-state index contributed by atoms with van der Waals surface area (Å²) in [5.74, 6) is 0.707. The third kappa shape index (κ3) is 3.21. The summed E-state index contributed by atoms with van der Waals surface area (Å²) in [6, 6.07) is 7.73. The Morgan fingerprint density at radius 3 is 2.86 bits per heavy atom. The third-order valence-corrected chi connectivity index (χ3v) is 3.36. The van der Waals surface area contributed by atoms with Crippen molar-refractivity contribution in [3.05, 3.63) is 30.5 Å². The van der Waals surface area contributed by atoms with Crippen LogP contribution in [-0.2, 0) is 16.1 Å². The summed E-state index contributed by atoms with van der Waals surface area (Å²) < 4.78 is 12.3. The molecule has 1 aliphatic rings. The molecule has 6 heteroatoms. The van der Waals surface area contributed by atoms with E-state index in [2.05, 4.69) is 10.3 Å². The van der Waals surface area contributed by atoms with Crippen molar-refractivity contribution in [2.45, 2.75) is 32.4 Å². The van der Waals surface area contributed by atoms with Crippen LogP contribution < -0.4 is 4.74 Å². The van der Waals surface area contributed by atoms with Gasteiger partial charge in [0.2, 0.25) is 0 Å². The van der Waals surface area contributed by atoms with Crippen LogP contribution in [0.25, 0.3) is 11.3 Å². The Kier molecular flexibility index (Phi) is 3.85. The van der Waals surface area contributed by atoms with E-state index in [1.165, 1.54) is 0 Å². The molecule has 0 bridgehead atoms. The van der Waals surface area contributed by atoms with Crippen molar-refractivity contribution >= 4 is 5.97 Å². The van der Waals surface area contributed by atoms with E-state index in [4.69, 9.17) is 9.47 Å². The fourth-order valence-corrected chi connectivity index (χ4v) is 2.33. The SMILES string of the molecule is CCOc1ccc(-c2cn(CC3CCC(=O)O3)nn2)cc1. The molecular formula is C15H17N3O3. The predicted molar refractivity (Wildman–Crippen MR) is 75.7 cm³/mol. The average Bonchev–Trinajstić information content (AvgIpc) is 3.10. The van der Waals surface area contributed by atoms with E-state index in [0.717, 1.165) is 23.4 Å². The normalized spacial score (nSPS) is 17.8. The summed E-state index contributed by atoms with van der Waals surface area (Å²) in [7, 11) is 0. The highest BCUT2D eigenvalue weighted by molar-refractivity contribution is 5.71. The number of carbonyl (C=O) groups is 1. The molecule has 0 N–H and O–H groups in total. The average molecular weight is 287 g/mol. The lowest BCUT2D eigenvalue weighted by atomic mass is 10.1. The molecular weight excluding hydrogens is 270 g/mol. The van der Waals surface area contributed by atoms with Crippen LogP contribution in [0, 0.1) is 0 Å². The lowest BCUT2D eigenvalue weighted by Gasteiger charge is -2.07. The van der Waals surface area contributed by atoms with Gasteiger partial charge < -0.3 is 9.47 Å². The van der Waals surface area contributed by atoms with Gasteiger partial charge in [-0.25, -0.2) is 4.68 Å². The molecule has 0 spiro atoms. The molecule has 1 fully saturated rings. The third-order valence-electron chi connectivity index (χ3n) is 3.36. The topological polar surface area (TPSA) is 66.2 Å². The number of cyclic esters (lactones) is 1. The number of hydrogen-bond donors (Lipinski definition) is 0. The van der Waals surface area contributed by atoms with Gasteiger partial charge in [0.25, 0.3) is 0 Å². The number of esters is 1. The van der Waals surface area contributed by atoms with Gasteiger partial charge >= 0.3 is 5.97 Å². The standard InChI is InChI=1S/C15H17N3O3/c1-2-20-12-5-3-11(4-6-12)14-10-18(17-16-14)9-13-7-8-15(19)21-13/h3-6,10,13H,2,7-9H2,1H3. The number of nitrogens with zero attached hydrogens (tertiary/aromatic N) is 3. The molecule has 21 heavy (non-hydrogen) atoms. The number of aromatic nitrogens is 3. The maximum absolute atomic E-state index is 11.1. The van der Waals surface area contributed by atoms with Crippen molar-refractivity contribution < 1.29 is 14.3 Å². The second kappa shape index (κ2) is 5.95. The Hall–Kier alpha value is -2.37. The molecule has 0 saturated carbocycles. The van der Waals surface area contributed by atoms with Gasteiger partial charge in [-0.2, -0.15) is 0 Å². The Morgan fingerprint density at radius 1 is 1.38 bits per heavy atom. The van der Waals surface area contributed by atoms with Gasteiger partial charge in [0.05, 0.1) is 19.3 Å². The van der Waals surface area contributed by atoms with E-state index in [0.29, 0.717) is 19.6 Å². The first kappa shape index (κ1) is 13.6. The molecule has 2 aromatic rings. The molecule has 110 valence electrons. The van der Waals surface area contributed by atoms with Gasteiger partial charge in [0, 0.05) is 12.0 Å². The van der Waals surface area contributed by atoms with Crippen LogP contribution in [0.15, 0.2) is 30.5 Å². The second-order valence-electron chi connectivity index (χ2n) is 4.93. The van der Waals surface area contributed by atoms with Crippen molar-refractivity contribution in [1.82, 2.24) is 15.0 Å². The van der Waals surface area contributed by atoms with Crippen LogP contribution in [-0.4, -0.2) is 33.7 Å². The van der Waals surface area contributed by atoms with Crippen LogP contribution in [0.5, 0.6) is 5.75 Å². The summed E-state index contributed by atoms with van der Waals surface area (Å²) in [6.45, 7) is 3.15. The number of benzene rings is 1. The monoisotopic (exact) mass is 287 g/mol. The summed E-state index contributed by atoms with van der Waals surface area (Å²) >= 11 is 0. The van der Waals surface area contributed by atoms with Crippen LogP contribution in [0.3, 0.4) is 0 Å². The largest absolute Gasteiger partial charge is 0.494 e. The van der Waals surface area contributed by atoms with Crippen LogP contribution in [0.2, 0.25) is 0 Å². The van der Waals surface area contributed by atoms with E-state index in [9.17, 15) is 4.79 Å². The molecule has 1 unspecified atom stereocenters. The zero-order valence-electron chi connectivity index (χ0n) is 11.9. The minimum absolute atomic E-state index is 0.0904. The highest BCUT2D eigenvalue weighted by Crippen LogP contribution is 2.21. The minimum atomic E-state index is -0.133. The molecule has 6 nitrogen and oxygen atoms in total. The molecule has 3 rings (SSSR count). The Labute approximate surface area is 122 Å². The Balaban J connectivity index is 1.67. The fraction of sp³-hybridized carbons (Fsp3) is 0.400. The smallest absolute Gasteiger partial charge is 0.306 e. The molecule has 1 aromatic carbocycles. The van der Waals surface area contributed by atoms with Crippen LogP contribution in [0.4, 0.5) is 0 Å². The van der Waals surface area contributed by atoms with Crippen LogP contribution in [0.1, 0.15) is 19.8 Å². The summed E-state index contributed by atoms with van der Waals surface area (Å²) in [4.78, 5) is 11.1. The first-order valence-corrected chi connectivity index (χ1v) is 7.07. The molecule has 0 aliphatic carbocycles. The first-order valence-electron chi connectivity index (χ1n) is 7.07. The van der Waals surface area contributed by atoms with Gasteiger partial charge in [-0.3, -0.25) is 4.79 Å². The molecule has 0 amide bonds. The van der Waals surface area contributed by atoms with E-state index in [1.807, 2.05) is 37.4 Å². The molecule has 0 radical (unpaired) electrons. The van der Waals surface area contributed by atoms with E-state index >= 15 is 0 Å². The van der Waals surface area contributed by atoms with Gasteiger partial charge in [0.1, 0.15) is 17.5 Å². The fourth-order valence-electron chi connectivity index (χ4n) is 2.33. The van der Waals surface area contributed by atoms with E-state index < -0.39 is 0 Å². The molecule has 1 aliphatic heterocycles. The Morgan fingerprint density at radius 2 is 2.19 bits per heavy atom. The van der Waals surface area contributed by atoms with Crippen molar-refractivity contribution in [1.29, 1.82) is 0 Å². The zero-order valence-corrected chi connectivity index (χ0v) is 11.9. The van der Waals surface area contributed by atoms with Crippen molar-refractivity contribution in [2.75, 3.05) is 6.61 Å². The highest BCUT2D eigenvalue weighted by Gasteiger charge is 2.24. The van der Waals surface area contributed by atoms with Gasteiger partial charge in [-0.05, 0) is 37.6 Å². The summed E-state index contributed by atoms with van der Waals surface area (Å²) in [5.41, 5.74) is 1.77. The number of hydrogen-bond acceptors (Lipinski definition) is 5. The summed E-state index contributed by atoms with van der Waals surface area (Å²) in [5, 5.41) is 8.24. The van der Waals surface area contributed by atoms with Crippen molar-refractivity contribution in [2.24, 2.45) is 0 Å². The van der Waals surface area contributed by atoms with E-state index in [-0.39, 0.29) is 12.1 Å². The maximum atomic E-state index is 11.1. The van der Waals surface area contributed by atoms with Crippen molar-refractivity contribution in [3.63, 3.8) is 0 Å². The maximum Gasteiger partial charge on any atom is 0.306 e. The first-order chi connectivity index (χ1) is 10.2. The predicted octanol–water partition coefficient (Wildman–Crippen LogP) is 2.05.